The molecule has 0 aromatic rings. The highest BCUT2D eigenvalue weighted by molar-refractivity contribution is 5.69. The predicted octanol–water partition coefficient (Wildman–Crippen LogP) is 1.41. The van der Waals surface area contributed by atoms with Crippen LogP contribution in [0, 0.1) is 0 Å². The number of unbranched alkanes of at least 4 members (excludes halogenated alkanes) is 2. The molecule has 0 aromatic carbocycles. The minimum absolute atomic E-state index is 0.0496. The Bertz CT molecular complexity index is 202. The maximum Gasteiger partial charge on any atom is 0.305 e. The molecule has 1 fully saturated rings. The smallest absolute Gasteiger partial charge is 0.305 e. The lowest BCUT2D eigenvalue weighted by Gasteiger charge is -2.18. The molecule has 0 aromatic heterocycles. The normalized spacial score (nSPS) is 17.7. The first kappa shape index (κ1) is 14.5. The molecular weight excluding hydrogens is 216 g/mol. The van der Waals surface area contributed by atoms with E-state index >= 15 is 0 Å². The van der Waals surface area contributed by atoms with E-state index in [1.54, 1.807) is 0 Å². The molecule has 0 radical (unpaired) electrons. The molecule has 4 nitrogen and oxygen atoms in total. The van der Waals surface area contributed by atoms with Gasteiger partial charge >= 0.3 is 5.97 Å². The molecule has 0 amide bonds. The number of esters is 1. The van der Waals surface area contributed by atoms with Crippen LogP contribution < -0.4 is 5.32 Å². The van der Waals surface area contributed by atoms with E-state index in [0.29, 0.717) is 13.0 Å². The molecule has 1 N–H and O–H groups in total. The molecule has 0 bridgehead atoms. The largest absolute Gasteiger partial charge is 0.466 e. The van der Waals surface area contributed by atoms with Gasteiger partial charge in [0.1, 0.15) is 0 Å². The Morgan fingerprint density at radius 3 is 2.94 bits per heavy atom. The number of nitrogens with one attached hydrogen (secondary N) is 1. The van der Waals surface area contributed by atoms with Gasteiger partial charge in [-0.1, -0.05) is 6.42 Å². The number of rotatable bonds is 7. The van der Waals surface area contributed by atoms with Crippen molar-refractivity contribution in [3.05, 3.63) is 0 Å². The van der Waals surface area contributed by atoms with Gasteiger partial charge in [-0.15, -0.1) is 0 Å². The van der Waals surface area contributed by atoms with Gasteiger partial charge in [0.05, 0.1) is 6.61 Å². The van der Waals surface area contributed by atoms with Crippen LogP contribution in [0.25, 0.3) is 0 Å². The Balaban J connectivity index is 1.94. The monoisotopic (exact) mass is 242 g/mol. The van der Waals surface area contributed by atoms with Crippen LogP contribution >= 0.6 is 0 Å². The Hall–Kier alpha value is -0.610. The van der Waals surface area contributed by atoms with E-state index in [2.05, 4.69) is 10.2 Å². The van der Waals surface area contributed by atoms with Crippen molar-refractivity contribution in [3.63, 3.8) is 0 Å². The third kappa shape index (κ3) is 7.34. The lowest BCUT2D eigenvalue weighted by atomic mass is 10.2. The van der Waals surface area contributed by atoms with Crippen molar-refractivity contribution in [2.24, 2.45) is 0 Å². The Morgan fingerprint density at radius 1 is 1.24 bits per heavy atom. The van der Waals surface area contributed by atoms with Crippen LogP contribution in [-0.2, 0) is 9.53 Å². The van der Waals surface area contributed by atoms with Crippen LogP contribution in [0.1, 0.15) is 39.0 Å². The molecule has 4 heteroatoms. The van der Waals surface area contributed by atoms with Gasteiger partial charge < -0.3 is 15.0 Å². The van der Waals surface area contributed by atoms with E-state index in [4.69, 9.17) is 4.74 Å². The van der Waals surface area contributed by atoms with Crippen LogP contribution in [0.2, 0.25) is 0 Å². The summed E-state index contributed by atoms with van der Waals surface area (Å²) in [5.41, 5.74) is 0. The summed E-state index contributed by atoms with van der Waals surface area (Å²) in [6, 6.07) is 0. The van der Waals surface area contributed by atoms with Crippen LogP contribution in [0.4, 0.5) is 0 Å². The zero-order valence-corrected chi connectivity index (χ0v) is 11.0. The molecule has 1 heterocycles. The van der Waals surface area contributed by atoms with Gasteiger partial charge in [-0.3, -0.25) is 4.79 Å². The van der Waals surface area contributed by atoms with Gasteiger partial charge in [0, 0.05) is 19.5 Å². The summed E-state index contributed by atoms with van der Waals surface area (Å²) in [7, 11) is 0. The van der Waals surface area contributed by atoms with Crippen molar-refractivity contribution in [1.29, 1.82) is 0 Å². The van der Waals surface area contributed by atoms with Gasteiger partial charge in [0.2, 0.25) is 0 Å². The second-order valence-electron chi connectivity index (χ2n) is 4.56. The first-order chi connectivity index (χ1) is 8.33. The van der Waals surface area contributed by atoms with Crippen LogP contribution in [0.15, 0.2) is 0 Å². The topological polar surface area (TPSA) is 41.6 Å². The van der Waals surface area contributed by atoms with Gasteiger partial charge in [0.25, 0.3) is 0 Å². The predicted molar refractivity (Wildman–Crippen MR) is 69.0 cm³/mol. The summed E-state index contributed by atoms with van der Waals surface area (Å²) in [6.07, 6.45) is 5.12. The summed E-state index contributed by atoms with van der Waals surface area (Å²) in [6.45, 7) is 8.17. The van der Waals surface area contributed by atoms with E-state index in [9.17, 15) is 4.79 Å². The van der Waals surface area contributed by atoms with Gasteiger partial charge in [-0.05, 0) is 45.8 Å². The summed E-state index contributed by atoms with van der Waals surface area (Å²) in [5.74, 6) is -0.0496. The Labute approximate surface area is 105 Å². The van der Waals surface area contributed by atoms with Crippen LogP contribution in [0.5, 0.6) is 0 Å². The molecule has 0 saturated carbocycles. The second kappa shape index (κ2) is 9.42. The van der Waals surface area contributed by atoms with Crippen molar-refractivity contribution >= 4 is 5.97 Å². The zero-order chi connectivity index (χ0) is 12.3. The van der Waals surface area contributed by atoms with Crippen molar-refractivity contribution in [1.82, 2.24) is 10.2 Å². The third-order valence-corrected chi connectivity index (χ3v) is 3.09. The second-order valence-corrected chi connectivity index (χ2v) is 4.56. The van der Waals surface area contributed by atoms with Gasteiger partial charge in [0.15, 0.2) is 0 Å². The summed E-state index contributed by atoms with van der Waals surface area (Å²) >= 11 is 0. The quantitative estimate of drug-likeness (QED) is 0.541. The minimum Gasteiger partial charge on any atom is -0.466 e. The van der Waals surface area contributed by atoms with Gasteiger partial charge in [-0.2, -0.15) is 0 Å². The fourth-order valence-corrected chi connectivity index (χ4v) is 2.14. The van der Waals surface area contributed by atoms with E-state index in [1.165, 1.54) is 25.9 Å². The van der Waals surface area contributed by atoms with E-state index in [1.807, 2.05) is 6.92 Å². The van der Waals surface area contributed by atoms with Crippen molar-refractivity contribution in [2.45, 2.75) is 39.0 Å². The lowest BCUT2D eigenvalue weighted by molar-refractivity contribution is -0.143. The molecule has 1 aliphatic heterocycles. The fourth-order valence-electron chi connectivity index (χ4n) is 2.14. The molecule has 100 valence electrons. The molecule has 1 rings (SSSR count). The number of carbonyl (C=O) groups is 1. The first-order valence-corrected chi connectivity index (χ1v) is 6.91. The SMILES string of the molecule is CCOC(=O)CCCCCN1CCCNCC1. The Kier molecular flexibility index (Phi) is 8.01. The van der Waals surface area contributed by atoms with Crippen molar-refractivity contribution in [2.75, 3.05) is 39.3 Å². The number of hydrogen-bond donors (Lipinski definition) is 1. The molecular formula is C13H26N2O2. The zero-order valence-electron chi connectivity index (χ0n) is 11.0. The maximum atomic E-state index is 11.1. The van der Waals surface area contributed by atoms with Gasteiger partial charge in [-0.25, -0.2) is 0 Å². The van der Waals surface area contributed by atoms with Crippen LogP contribution in [0.3, 0.4) is 0 Å². The highest BCUT2D eigenvalue weighted by Crippen LogP contribution is 2.04. The maximum absolute atomic E-state index is 11.1. The van der Waals surface area contributed by atoms with Crippen LogP contribution in [-0.4, -0.2) is 50.2 Å². The number of nitrogens with zero attached hydrogens (tertiary/aromatic N) is 1. The molecule has 17 heavy (non-hydrogen) atoms. The molecule has 0 unspecified atom stereocenters. The Morgan fingerprint density at radius 2 is 2.12 bits per heavy atom. The molecule has 1 aliphatic rings. The first-order valence-electron chi connectivity index (χ1n) is 6.91. The summed E-state index contributed by atoms with van der Waals surface area (Å²) in [5, 5.41) is 3.40. The van der Waals surface area contributed by atoms with Crippen molar-refractivity contribution in [3.8, 4) is 0 Å². The van der Waals surface area contributed by atoms with E-state index in [0.717, 1.165) is 32.5 Å². The van der Waals surface area contributed by atoms with Crippen molar-refractivity contribution < 1.29 is 9.53 Å². The minimum atomic E-state index is -0.0496. The molecule has 1 saturated heterocycles. The molecule has 0 spiro atoms. The summed E-state index contributed by atoms with van der Waals surface area (Å²) in [4.78, 5) is 13.6. The molecule has 0 aliphatic carbocycles. The standard InChI is InChI=1S/C13H26N2O2/c1-2-17-13(16)7-4-3-5-10-15-11-6-8-14-9-12-15/h14H,2-12H2,1H3. The average Bonchev–Trinajstić information content (AvgIpc) is 2.57. The van der Waals surface area contributed by atoms with E-state index in [-0.39, 0.29) is 5.97 Å². The third-order valence-electron chi connectivity index (χ3n) is 3.09. The highest BCUT2D eigenvalue weighted by atomic mass is 16.5. The highest BCUT2D eigenvalue weighted by Gasteiger charge is 2.07. The number of hydrogen-bond acceptors (Lipinski definition) is 4. The average molecular weight is 242 g/mol. The van der Waals surface area contributed by atoms with E-state index < -0.39 is 0 Å². The number of ether oxygens (including phenoxy) is 1. The molecule has 0 atom stereocenters. The summed E-state index contributed by atoms with van der Waals surface area (Å²) < 4.78 is 4.90. The lowest BCUT2D eigenvalue weighted by Crippen LogP contribution is -2.29. The fraction of sp³-hybridized carbons (Fsp3) is 0.923. The number of carbonyl (C=O) groups excluding carboxylic acids is 1.